The van der Waals surface area contributed by atoms with Crippen molar-refractivity contribution in [3.8, 4) is 0 Å². The SMILES string of the molecule is NC1=NC(c2ccc(CS(=O)(=O)O)cc2)(c2cccc(Br)c2)C2=NCCN12. The molecule has 0 bridgehead atoms. The topological polar surface area (TPSA) is 108 Å². The molecule has 2 aliphatic rings. The number of benzene rings is 2. The third-order valence-corrected chi connectivity index (χ3v) is 5.88. The van der Waals surface area contributed by atoms with Crippen LogP contribution < -0.4 is 5.73 Å². The molecule has 0 aliphatic carbocycles. The van der Waals surface area contributed by atoms with Crippen LogP contribution in [0.2, 0.25) is 0 Å². The zero-order valence-electron chi connectivity index (χ0n) is 14.2. The van der Waals surface area contributed by atoms with Crippen molar-refractivity contribution < 1.29 is 13.0 Å². The summed E-state index contributed by atoms with van der Waals surface area (Å²) in [7, 11) is -4.09. The number of amidine groups is 1. The highest BCUT2D eigenvalue weighted by Crippen LogP contribution is 2.42. The lowest BCUT2D eigenvalue weighted by Gasteiger charge is -2.28. The predicted octanol–water partition coefficient (Wildman–Crippen LogP) is 2.12. The second kappa shape index (κ2) is 6.43. The quantitative estimate of drug-likeness (QED) is 0.696. The monoisotopic (exact) mass is 448 g/mol. The van der Waals surface area contributed by atoms with Crippen LogP contribution in [-0.2, 0) is 21.4 Å². The van der Waals surface area contributed by atoms with Crippen molar-refractivity contribution in [1.29, 1.82) is 0 Å². The zero-order chi connectivity index (χ0) is 19.2. The molecule has 0 saturated heterocycles. The van der Waals surface area contributed by atoms with Gasteiger partial charge in [-0.3, -0.25) is 14.4 Å². The number of hydrogen-bond donors (Lipinski definition) is 2. The molecule has 2 heterocycles. The van der Waals surface area contributed by atoms with Crippen LogP contribution in [0.4, 0.5) is 0 Å². The molecule has 0 spiro atoms. The average Bonchev–Trinajstić information content (AvgIpc) is 3.18. The lowest BCUT2D eigenvalue weighted by molar-refractivity contribution is 0.482. The number of nitrogens with zero attached hydrogens (tertiary/aromatic N) is 3. The number of fused-ring (bicyclic) bond motifs is 1. The maximum Gasteiger partial charge on any atom is 0.269 e. The molecule has 1 unspecified atom stereocenters. The van der Waals surface area contributed by atoms with E-state index in [1.165, 1.54) is 0 Å². The van der Waals surface area contributed by atoms with Gasteiger partial charge in [-0.2, -0.15) is 8.42 Å². The third kappa shape index (κ3) is 3.15. The number of halogens is 1. The number of guanidine groups is 1. The number of rotatable bonds is 4. The summed E-state index contributed by atoms with van der Waals surface area (Å²) in [5.41, 5.74) is 7.53. The first-order chi connectivity index (χ1) is 12.8. The van der Waals surface area contributed by atoms with Crippen LogP contribution in [0.3, 0.4) is 0 Å². The largest absolute Gasteiger partial charge is 0.369 e. The summed E-state index contributed by atoms with van der Waals surface area (Å²) in [5.74, 6) is 0.740. The highest BCUT2D eigenvalue weighted by Gasteiger charge is 2.49. The van der Waals surface area contributed by atoms with Crippen molar-refractivity contribution in [2.75, 3.05) is 13.1 Å². The fourth-order valence-electron chi connectivity index (χ4n) is 3.58. The molecule has 0 fully saturated rings. The molecular formula is C18H17BrN4O3S. The molecule has 1 atom stereocenters. The molecule has 2 aliphatic heterocycles. The summed E-state index contributed by atoms with van der Waals surface area (Å²) < 4.78 is 32.3. The minimum atomic E-state index is -4.09. The lowest BCUT2D eigenvalue weighted by Crippen LogP contribution is -2.41. The average molecular weight is 449 g/mol. The molecule has 140 valence electrons. The van der Waals surface area contributed by atoms with E-state index in [4.69, 9.17) is 15.3 Å². The van der Waals surface area contributed by atoms with E-state index in [0.29, 0.717) is 24.6 Å². The maximum absolute atomic E-state index is 11.1. The van der Waals surface area contributed by atoms with Gasteiger partial charge in [-0.05, 0) is 28.8 Å². The molecule has 0 saturated carbocycles. The molecule has 0 radical (unpaired) electrons. The van der Waals surface area contributed by atoms with E-state index >= 15 is 0 Å². The second-order valence-electron chi connectivity index (χ2n) is 6.47. The third-order valence-electron chi connectivity index (χ3n) is 4.69. The lowest BCUT2D eigenvalue weighted by atomic mass is 9.82. The van der Waals surface area contributed by atoms with Gasteiger partial charge in [0.1, 0.15) is 11.6 Å². The molecule has 7 nitrogen and oxygen atoms in total. The summed E-state index contributed by atoms with van der Waals surface area (Å²) in [5, 5.41) is 0. The summed E-state index contributed by atoms with van der Waals surface area (Å²) in [6.45, 7) is 1.32. The molecule has 3 N–H and O–H groups in total. The number of hydrogen-bond acceptors (Lipinski definition) is 6. The molecule has 4 rings (SSSR count). The van der Waals surface area contributed by atoms with Gasteiger partial charge in [0.25, 0.3) is 10.1 Å². The Labute approximate surface area is 165 Å². The summed E-state index contributed by atoms with van der Waals surface area (Å²) in [6.07, 6.45) is 0. The van der Waals surface area contributed by atoms with Gasteiger partial charge in [-0.25, -0.2) is 4.99 Å². The minimum absolute atomic E-state index is 0.410. The normalized spacial score (nSPS) is 21.8. The first kappa shape index (κ1) is 18.1. The van der Waals surface area contributed by atoms with Gasteiger partial charge in [0.15, 0.2) is 11.5 Å². The first-order valence-corrected chi connectivity index (χ1v) is 10.7. The van der Waals surface area contributed by atoms with Gasteiger partial charge in [0.2, 0.25) is 0 Å². The van der Waals surface area contributed by atoms with E-state index in [9.17, 15) is 8.42 Å². The Morgan fingerprint density at radius 2 is 1.93 bits per heavy atom. The smallest absolute Gasteiger partial charge is 0.269 e. The molecule has 27 heavy (non-hydrogen) atoms. The van der Waals surface area contributed by atoms with E-state index in [1.807, 2.05) is 41.3 Å². The van der Waals surface area contributed by atoms with E-state index in [2.05, 4.69) is 20.9 Å². The van der Waals surface area contributed by atoms with E-state index in [0.717, 1.165) is 21.4 Å². The summed E-state index contributed by atoms with van der Waals surface area (Å²) >= 11 is 3.51. The first-order valence-electron chi connectivity index (χ1n) is 8.28. The highest BCUT2D eigenvalue weighted by atomic mass is 79.9. The molecule has 9 heteroatoms. The molecular weight excluding hydrogens is 432 g/mol. The Kier molecular flexibility index (Phi) is 4.32. The summed E-state index contributed by atoms with van der Waals surface area (Å²) in [4.78, 5) is 11.4. The standard InChI is InChI=1S/C18H17BrN4O3S/c19-15-3-1-2-14(10-15)18(16-21-8-9-23(16)17(20)22-18)13-6-4-12(5-7-13)11-27(24,25)26/h1-7,10H,8-9,11H2,(H2,20,22)(H,24,25,26). The Morgan fingerprint density at radius 1 is 1.19 bits per heavy atom. The van der Waals surface area contributed by atoms with E-state index < -0.39 is 21.4 Å². The van der Waals surface area contributed by atoms with Crippen molar-refractivity contribution in [3.63, 3.8) is 0 Å². The predicted molar refractivity (Wildman–Crippen MR) is 107 cm³/mol. The van der Waals surface area contributed by atoms with Gasteiger partial charge in [0.05, 0.1) is 6.54 Å². The van der Waals surface area contributed by atoms with Crippen LogP contribution in [0.5, 0.6) is 0 Å². The van der Waals surface area contributed by atoms with Crippen LogP contribution in [0.1, 0.15) is 16.7 Å². The van der Waals surface area contributed by atoms with E-state index in [1.54, 1.807) is 12.1 Å². The minimum Gasteiger partial charge on any atom is -0.369 e. The number of nitrogens with two attached hydrogens (primary N) is 1. The van der Waals surface area contributed by atoms with Gasteiger partial charge >= 0.3 is 0 Å². The maximum atomic E-state index is 11.1. The van der Waals surface area contributed by atoms with Crippen molar-refractivity contribution in [2.45, 2.75) is 11.3 Å². The van der Waals surface area contributed by atoms with Crippen LogP contribution in [0.15, 0.2) is 63.0 Å². The second-order valence-corrected chi connectivity index (χ2v) is 8.84. The Balaban J connectivity index is 1.88. The van der Waals surface area contributed by atoms with E-state index in [-0.39, 0.29) is 0 Å². The van der Waals surface area contributed by atoms with Crippen LogP contribution in [-0.4, -0.2) is 42.8 Å². The highest BCUT2D eigenvalue weighted by molar-refractivity contribution is 9.10. The Hall–Kier alpha value is -2.23. The van der Waals surface area contributed by atoms with Crippen LogP contribution >= 0.6 is 15.9 Å². The van der Waals surface area contributed by atoms with Gasteiger partial charge < -0.3 is 5.73 Å². The molecule has 0 aromatic heterocycles. The fraction of sp³-hybridized carbons (Fsp3) is 0.222. The van der Waals surface area contributed by atoms with Crippen molar-refractivity contribution in [2.24, 2.45) is 15.7 Å². The fourth-order valence-corrected chi connectivity index (χ4v) is 4.60. The van der Waals surface area contributed by atoms with Gasteiger partial charge in [0, 0.05) is 11.0 Å². The van der Waals surface area contributed by atoms with Gasteiger partial charge in [-0.15, -0.1) is 0 Å². The van der Waals surface area contributed by atoms with Gasteiger partial charge in [-0.1, -0.05) is 52.3 Å². The summed E-state index contributed by atoms with van der Waals surface area (Å²) in [6, 6.07) is 14.8. The van der Waals surface area contributed by atoms with Crippen molar-refractivity contribution >= 4 is 37.8 Å². The van der Waals surface area contributed by atoms with Crippen LogP contribution in [0.25, 0.3) is 0 Å². The molecule has 0 amide bonds. The van der Waals surface area contributed by atoms with Crippen molar-refractivity contribution in [3.05, 3.63) is 69.7 Å². The Morgan fingerprint density at radius 3 is 2.59 bits per heavy atom. The molecule has 2 aromatic rings. The zero-order valence-corrected chi connectivity index (χ0v) is 16.6. The number of aliphatic imine (C=N–C) groups is 2. The molecule has 2 aromatic carbocycles. The van der Waals surface area contributed by atoms with Crippen molar-refractivity contribution in [1.82, 2.24) is 4.90 Å². The Bertz CT molecular complexity index is 1070. The van der Waals surface area contributed by atoms with Crippen LogP contribution in [0, 0.1) is 0 Å².